The smallest absolute Gasteiger partial charge is 0.358 e. The van der Waals surface area contributed by atoms with Crippen molar-refractivity contribution < 1.29 is 9.90 Å². The highest BCUT2D eigenvalue weighted by Gasteiger charge is 2.30. The van der Waals surface area contributed by atoms with Gasteiger partial charge in [-0.05, 0) is 25.3 Å². The van der Waals surface area contributed by atoms with E-state index in [9.17, 15) is 9.90 Å². The summed E-state index contributed by atoms with van der Waals surface area (Å²) in [4.78, 5) is 11.2. The summed E-state index contributed by atoms with van der Waals surface area (Å²) in [5, 5.41) is 17.0. The second-order valence-electron chi connectivity index (χ2n) is 5.03. The molecule has 2 aromatic rings. The van der Waals surface area contributed by atoms with Crippen LogP contribution >= 0.6 is 0 Å². The molecule has 1 aliphatic carbocycles. The van der Waals surface area contributed by atoms with Gasteiger partial charge >= 0.3 is 5.97 Å². The molecule has 1 saturated carbocycles. The highest BCUT2D eigenvalue weighted by molar-refractivity contribution is 5.86. The van der Waals surface area contributed by atoms with Crippen molar-refractivity contribution in [2.45, 2.75) is 32.2 Å². The predicted octanol–water partition coefficient (Wildman–Crippen LogP) is 2.21. The summed E-state index contributed by atoms with van der Waals surface area (Å²) in [6, 6.07) is 8.41. The lowest BCUT2D eigenvalue weighted by molar-refractivity contribution is 0.0689. The lowest BCUT2D eigenvalue weighted by atomic mass is 10.1. The molecular weight excluding hydrogens is 242 g/mol. The number of carboxylic acid groups (broad SMARTS) is 1. The Morgan fingerprint density at radius 1 is 1.47 bits per heavy atom. The number of aromatic carboxylic acids is 1. The Labute approximate surface area is 110 Å². The Morgan fingerprint density at radius 2 is 2.26 bits per heavy atom. The van der Waals surface area contributed by atoms with E-state index in [1.54, 1.807) is 4.68 Å². The van der Waals surface area contributed by atoms with Crippen molar-refractivity contribution in [3.63, 3.8) is 0 Å². The van der Waals surface area contributed by atoms with Crippen LogP contribution in [0.5, 0.6) is 0 Å². The Bertz CT molecular complexity index is 629. The van der Waals surface area contributed by atoms with Crippen LogP contribution in [0.25, 0.3) is 0 Å². The number of carboxylic acids is 1. The zero-order valence-electron chi connectivity index (χ0n) is 10.7. The SMILES string of the molecule is Cc1cccc(Cc2c(C(=O)O)nnn2C2CC2)c1. The van der Waals surface area contributed by atoms with E-state index >= 15 is 0 Å². The lowest BCUT2D eigenvalue weighted by Gasteiger charge is -2.06. The molecule has 3 rings (SSSR count). The van der Waals surface area contributed by atoms with Crippen molar-refractivity contribution in [2.24, 2.45) is 0 Å². The first-order valence-electron chi connectivity index (χ1n) is 6.38. The van der Waals surface area contributed by atoms with Crippen molar-refractivity contribution in [1.82, 2.24) is 15.0 Å². The summed E-state index contributed by atoms with van der Waals surface area (Å²) >= 11 is 0. The molecule has 1 aromatic heterocycles. The Morgan fingerprint density at radius 3 is 2.89 bits per heavy atom. The molecule has 1 N–H and O–H groups in total. The number of aromatic nitrogens is 3. The Kier molecular flexibility index (Phi) is 2.81. The molecule has 5 heteroatoms. The standard InChI is InChI=1S/C14H15N3O2/c1-9-3-2-4-10(7-9)8-12-13(14(18)19)15-16-17(12)11-5-6-11/h2-4,7,11H,5-6,8H2,1H3,(H,18,19). The van der Waals surface area contributed by atoms with Crippen LogP contribution in [-0.2, 0) is 6.42 Å². The van der Waals surface area contributed by atoms with E-state index in [2.05, 4.69) is 16.4 Å². The maximum absolute atomic E-state index is 11.2. The van der Waals surface area contributed by atoms with E-state index < -0.39 is 5.97 Å². The Balaban J connectivity index is 1.98. The molecule has 0 spiro atoms. The summed E-state index contributed by atoms with van der Waals surface area (Å²) in [6.45, 7) is 2.03. The molecule has 0 amide bonds. The first kappa shape index (κ1) is 11.9. The van der Waals surface area contributed by atoms with Crippen LogP contribution in [0.2, 0.25) is 0 Å². The van der Waals surface area contributed by atoms with Gasteiger partial charge in [0.15, 0.2) is 5.69 Å². The van der Waals surface area contributed by atoms with Gasteiger partial charge in [0.25, 0.3) is 0 Å². The first-order valence-corrected chi connectivity index (χ1v) is 6.38. The van der Waals surface area contributed by atoms with Crippen molar-refractivity contribution in [2.75, 3.05) is 0 Å². The normalized spacial score (nSPS) is 14.6. The minimum Gasteiger partial charge on any atom is -0.476 e. The molecule has 1 aliphatic rings. The molecule has 0 atom stereocenters. The van der Waals surface area contributed by atoms with Gasteiger partial charge in [-0.2, -0.15) is 0 Å². The molecule has 1 fully saturated rings. The summed E-state index contributed by atoms with van der Waals surface area (Å²) in [5.74, 6) is -1.01. The number of carbonyl (C=O) groups is 1. The topological polar surface area (TPSA) is 68.0 Å². The molecule has 0 unspecified atom stereocenters. The van der Waals surface area contributed by atoms with Crippen molar-refractivity contribution in [3.05, 3.63) is 46.8 Å². The molecule has 0 bridgehead atoms. The highest BCUT2D eigenvalue weighted by atomic mass is 16.4. The highest BCUT2D eigenvalue weighted by Crippen LogP contribution is 2.36. The van der Waals surface area contributed by atoms with Gasteiger partial charge < -0.3 is 5.11 Å². The molecule has 98 valence electrons. The van der Waals surface area contributed by atoms with Gasteiger partial charge in [-0.15, -0.1) is 5.10 Å². The van der Waals surface area contributed by atoms with Gasteiger partial charge in [0.1, 0.15) is 0 Å². The molecule has 0 radical (unpaired) electrons. The summed E-state index contributed by atoms with van der Waals surface area (Å²) in [6.07, 6.45) is 2.68. The van der Waals surface area contributed by atoms with E-state index in [0.29, 0.717) is 18.2 Å². The summed E-state index contributed by atoms with van der Waals surface area (Å²) in [5.41, 5.74) is 3.04. The van der Waals surface area contributed by atoms with E-state index in [1.165, 1.54) is 5.56 Å². The van der Waals surface area contributed by atoms with E-state index in [4.69, 9.17) is 0 Å². The molecular formula is C14H15N3O2. The van der Waals surface area contributed by atoms with Crippen LogP contribution in [0.3, 0.4) is 0 Å². The van der Waals surface area contributed by atoms with Gasteiger partial charge in [-0.1, -0.05) is 35.0 Å². The summed E-state index contributed by atoms with van der Waals surface area (Å²) < 4.78 is 1.78. The van der Waals surface area contributed by atoms with E-state index in [-0.39, 0.29) is 5.69 Å². The van der Waals surface area contributed by atoms with Gasteiger partial charge in [-0.25, -0.2) is 9.48 Å². The molecule has 5 nitrogen and oxygen atoms in total. The van der Waals surface area contributed by atoms with Gasteiger partial charge in [-0.3, -0.25) is 0 Å². The predicted molar refractivity (Wildman–Crippen MR) is 69.2 cm³/mol. The van der Waals surface area contributed by atoms with Crippen LogP contribution in [-0.4, -0.2) is 26.1 Å². The lowest BCUT2D eigenvalue weighted by Crippen LogP contribution is -2.08. The monoisotopic (exact) mass is 257 g/mol. The number of rotatable bonds is 4. The quantitative estimate of drug-likeness (QED) is 0.911. The number of nitrogens with zero attached hydrogens (tertiary/aromatic N) is 3. The molecule has 0 aliphatic heterocycles. The van der Waals surface area contributed by atoms with E-state index in [0.717, 1.165) is 18.4 Å². The average molecular weight is 257 g/mol. The zero-order chi connectivity index (χ0) is 13.4. The number of aryl methyl sites for hydroxylation is 1. The number of hydrogen-bond acceptors (Lipinski definition) is 3. The van der Waals surface area contributed by atoms with Crippen LogP contribution in [0.1, 0.15) is 46.2 Å². The van der Waals surface area contributed by atoms with Gasteiger partial charge in [0, 0.05) is 6.42 Å². The molecule has 1 aromatic carbocycles. The molecule has 0 saturated heterocycles. The molecule has 1 heterocycles. The maximum Gasteiger partial charge on any atom is 0.358 e. The van der Waals surface area contributed by atoms with E-state index in [1.807, 2.05) is 25.1 Å². The third kappa shape index (κ3) is 2.36. The fraction of sp³-hybridized carbons (Fsp3) is 0.357. The van der Waals surface area contributed by atoms with Crippen molar-refractivity contribution in [3.8, 4) is 0 Å². The molecule has 19 heavy (non-hydrogen) atoms. The minimum atomic E-state index is -1.01. The second-order valence-corrected chi connectivity index (χ2v) is 5.03. The third-order valence-corrected chi connectivity index (χ3v) is 3.34. The van der Waals surface area contributed by atoms with Crippen molar-refractivity contribution >= 4 is 5.97 Å². The number of benzene rings is 1. The zero-order valence-corrected chi connectivity index (χ0v) is 10.7. The minimum absolute atomic E-state index is 0.0772. The van der Waals surface area contributed by atoms with Crippen LogP contribution < -0.4 is 0 Å². The van der Waals surface area contributed by atoms with Crippen LogP contribution in [0.15, 0.2) is 24.3 Å². The maximum atomic E-state index is 11.2. The van der Waals surface area contributed by atoms with Gasteiger partial charge in [0.2, 0.25) is 0 Å². The van der Waals surface area contributed by atoms with Crippen LogP contribution in [0.4, 0.5) is 0 Å². The average Bonchev–Trinajstić information content (AvgIpc) is 3.11. The second kappa shape index (κ2) is 4.50. The van der Waals surface area contributed by atoms with Crippen LogP contribution in [0, 0.1) is 6.92 Å². The largest absolute Gasteiger partial charge is 0.476 e. The van der Waals surface area contributed by atoms with Crippen molar-refractivity contribution in [1.29, 1.82) is 0 Å². The Hall–Kier alpha value is -2.17. The van der Waals surface area contributed by atoms with Gasteiger partial charge in [0.05, 0.1) is 11.7 Å². The first-order chi connectivity index (χ1) is 9.15. The summed E-state index contributed by atoms with van der Waals surface area (Å²) in [7, 11) is 0. The fourth-order valence-electron chi connectivity index (χ4n) is 2.27. The number of hydrogen-bond donors (Lipinski definition) is 1. The third-order valence-electron chi connectivity index (χ3n) is 3.34. The fourth-order valence-corrected chi connectivity index (χ4v) is 2.27.